The van der Waals surface area contributed by atoms with E-state index in [1.165, 1.54) is 44.1 Å². The maximum atomic E-state index is 4.13. The van der Waals surface area contributed by atoms with Crippen LogP contribution in [0.3, 0.4) is 0 Å². The summed E-state index contributed by atoms with van der Waals surface area (Å²) in [6, 6.07) is 5.03. The van der Waals surface area contributed by atoms with Gasteiger partial charge in [0.25, 0.3) is 0 Å². The first-order valence-corrected chi connectivity index (χ1v) is 7.99. The molecule has 0 aliphatic heterocycles. The van der Waals surface area contributed by atoms with Crippen molar-refractivity contribution in [3.63, 3.8) is 0 Å². The molecule has 1 heterocycles. The smallest absolute Gasteiger partial charge is 0.0270 e. The van der Waals surface area contributed by atoms with Gasteiger partial charge in [-0.15, -0.1) is 0 Å². The molecule has 0 aromatic carbocycles. The molecule has 0 amide bonds. The van der Waals surface area contributed by atoms with Crippen molar-refractivity contribution in [3.05, 3.63) is 30.1 Å². The van der Waals surface area contributed by atoms with Crippen LogP contribution in [0.15, 0.2) is 24.5 Å². The van der Waals surface area contributed by atoms with Crippen LogP contribution >= 0.6 is 0 Å². The number of hydrogen-bond acceptors (Lipinski definition) is 2. The van der Waals surface area contributed by atoms with Crippen molar-refractivity contribution in [1.29, 1.82) is 0 Å². The molecule has 2 saturated carbocycles. The van der Waals surface area contributed by atoms with Crippen molar-refractivity contribution in [2.45, 2.75) is 51.5 Å². The lowest BCUT2D eigenvalue weighted by Crippen LogP contribution is -2.40. The zero-order valence-electron chi connectivity index (χ0n) is 12.0. The van der Waals surface area contributed by atoms with E-state index in [4.69, 9.17) is 0 Å². The van der Waals surface area contributed by atoms with Crippen LogP contribution in [0, 0.1) is 17.8 Å². The van der Waals surface area contributed by atoms with Crippen LogP contribution in [-0.4, -0.2) is 17.6 Å². The fraction of sp³-hybridized carbons (Fsp3) is 0.706. The van der Waals surface area contributed by atoms with E-state index in [1.807, 2.05) is 12.4 Å². The first kappa shape index (κ1) is 13.1. The topological polar surface area (TPSA) is 24.9 Å². The minimum absolute atomic E-state index is 0.678. The molecule has 2 aliphatic carbocycles. The van der Waals surface area contributed by atoms with Crippen LogP contribution < -0.4 is 5.32 Å². The van der Waals surface area contributed by atoms with Gasteiger partial charge in [0.2, 0.25) is 0 Å². The maximum Gasteiger partial charge on any atom is 0.0270 e. The second-order valence-corrected chi connectivity index (χ2v) is 6.46. The normalized spacial score (nSPS) is 30.7. The number of aromatic nitrogens is 1. The summed E-state index contributed by atoms with van der Waals surface area (Å²) in [7, 11) is 0. The number of pyridine rings is 1. The van der Waals surface area contributed by atoms with Crippen molar-refractivity contribution in [2.24, 2.45) is 17.8 Å². The number of fused-ring (bicyclic) bond motifs is 2. The minimum Gasteiger partial charge on any atom is -0.313 e. The van der Waals surface area contributed by atoms with Gasteiger partial charge in [0, 0.05) is 18.4 Å². The molecular formula is C17H26N2. The SMILES string of the molecule is CCCNC(Cc1ccncc1)C1CC2CCC1C2. The van der Waals surface area contributed by atoms with Gasteiger partial charge < -0.3 is 5.32 Å². The Kier molecular flexibility index (Phi) is 4.17. The van der Waals surface area contributed by atoms with E-state index in [-0.39, 0.29) is 0 Å². The maximum absolute atomic E-state index is 4.13. The zero-order valence-corrected chi connectivity index (χ0v) is 12.0. The Hall–Kier alpha value is -0.890. The second kappa shape index (κ2) is 6.04. The molecule has 4 atom stereocenters. The predicted molar refractivity (Wildman–Crippen MR) is 79.0 cm³/mol. The van der Waals surface area contributed by atoms with Gasteiger partial charge in [-0.05, 0) is 74.1 Å². The summed E-state index contributed by atoms with van der Waals surface area (Å²) in [4.78, 5) is 4.13. The van der Waals surface area contributed by atoms with Crippen LogP contribution in [-0.2, 0) is 6.42 Å². The van der Waals surface area contributed by atoms with E-state index in [2.05, 4.69) is 29.4 Å². The van der Waals surface area contributed by atoms with Crippen LogP contribution in [0.1, 0.15) is 44.6 Å². The van der Waals surface area contributed by atoms with Crippen LogP contribution in [0.25, 0.3) is 0 Å². The fourth-order valence-electron chi connectivity index (χ4n) is 4.26. The molecule has 2 bridgehead atoms. The van der Waals surface area contributed by atoms with Crippen molar-refractivity contribution in [1.82, 2.24) is 10.3 Å². The molecule has 3 rings (SSSR count). The van der Waals surface area contributed by atoms with Crippen LogP contribution in [0.2, 0.25) is 0 Å². The van der Waals surface area contributed by atoms with Gasteiger partial charge in [0.15, 0.2) is 0 Å². The van der Waals surface area contributed by atoms with Crippen molar-refractivity contribution in [2.75, 3.05) is 6.54 Å². The summed E-state index contributed by atoms with van der Waals surface area (Å²) >= 11 is 0. The molecule has 1 aromatic heterocycles. The highest BCUT2D eigenvalue weighted by atomic mass is 14.9. The monoisotopic (exact) mass is 258 g/mol. The van der Waals surface area contributed by atoms with Crippen molar-refractivity contribution in [3.8, 4) is 0 Å². The average molecular weight is 258 g/mol. The number of rotatable bonds is 6. The van der Waals surface area contributed by atoms with Crippen molar-refractivity contribution >= 4 is 0 Å². The molecule has 2 nitrogen and oxygen atoms in total. The van der Waals surface area contributed by atoms with Gasteiger partial charge in [-0.1, -0.05) is 13.3 Å². The highest BCUT2D eigenvalue weighted by Gasteiger charge is 2.42. The highest BCUT2D eigenvalue weighted by molar-refractivity contribution is 5.12. The largest absolute Gasteiger partial charge is 0.313 e. The Bertz CT molecular complexity index is 390. The molecule has 0 radical (unpaired) electrons. The Morgan fingerprint density at radius 3 is 2.74 bits per heavy atom. The lowest BCUT2D eigenvalue weighted by atomic mass is 9.81. The molecule has 0 saturated heterocycles. The molecular weight excluding hydrogens is 232 g/mol. The lowest BCUT2D eigenvalue weighted by molar-refractivity contribution is 0.247. The molecule has 0 spiro atoms. The Balaban J connectivity index is 1.67. The summed E-state index contributed by atoms with van der Waals surface area (Å²) in [6.45, 7) is 3.42. The average Bonchev–Trinajstić information content (AvgIpc) is 3.07. The second-order valence-electron chi connectivity index (χ2n) is 6.46. The van der Waals surface area contributed by atoms with E-state index in [9.17, 15) is 0 Å². The minimum atomic E-state index is 0.678. The first-order valence-electron chi connectivity index (χ1n) is 7.99. The van der Waals surface area contributed by atoms with Crippen LogP contribution in [0.4, 0.5) is 0 Å². The molecule has 4 unspecified atom stereocenters. The Morgan fingerprint density at radius 2 is 2.11 bits per heavy atom. The molecule has 19 heavy (non-hydrogen) atoms. The third-order valence-electron chi connectivity index (χ3n) is 5.17. The molecule has 2 heteroatoms. The molecule has 2 fully saturated rings. The van der Waals surface area contributed by atoms with E-state index in [1.54, 1.807) is 0 Å². The van der Waals surface area contributed by atoms with Crippen LogP contribution in [0.5, 0.6) is 0 Å². The lowest BCUT2D eigenvalue weighted by Gasteiger charge is -2.31. The quantitative estimate of drug-likeness (QED) is 0.845. The highest BCUT2D eigenvalue weighted by Crippen LogP contribution is 2.49. The zero-order chi connectivity index (χ0) is 13.1. The standard InChI is InChI=1S/C17H26N2/c1-2-7-19-17(12-13-5-8-18-9-6-13)16-11-14-3-4-15(16)10-14/h5-6,8-9,14-17,19H,2-4,7,10-12H2,1H3. The van der Waals surface area contributed by atoms with Gasteiger partial charge in [0.05, 0.1) is 0 Å². The fourth-order valence-corrected chi connectivity index (χ4v) is 4.26. The summed E-state index contributed by atoms with van der Waals surface area (Å²) in [5, 5.41) is 3.82. The van der Waals surface area contributed by atoms with Gasteiger partial charge in [0.1, 0.15) is 0 Å². The summed E-state index contributed by atoms with van der Waals surface area (Å²) in [5.74, 6) is 2.96. The molecule has 1 aromatic rings. The van der Waals surface area contributed by atoms with E-state index in [0.717, 1.165) is 24.3 Å². The van der Waals surface area contributed by atoms with Gasteiger partial charge in [-0.2, -0.15) is 0 Å². The third-order valence-corrected chi connectivity index (χ3v) is 5.17. The van der Waals surface area contributed by atoms with Gasteiger partial charge in [-0.3, -0.25) is 4.98 Å². The van der Waals surface area contributed by atoms with Crippen molar-refractivity contribution < 1.29 is 0 Å². The Morgan fingerprint density at radius 1 is 1.26 bits per heavy atom. The number of nitrogens with zero attached hydrogens (tertiary/aromatic N) is 1. The van der Waals surface area contributed by atoms with Gasteiger partial charge in [-0.25, -0.2) is 0 Å². The Labute approximate surface area is 117 Å². The summed E-state index contributed by atoms with van der Waals surface area (Å²) in [6.07, 6.45) is 12.2. The summed E-state index contributed by atoms with van der Waals surface area (Å²) < 4.78 is 0. The van der Waals surface area contributed by atoms with E-state index < -0.39 is 0 Å². The molecule has 2 aliphatic rings. The van der Waals surface area contributed by atoms with Gasteiger partial charge >= 0.3 is 0 Å². The first-order chi connectivity index (χ1) is 9.36. The van der Waals surface area contributed by atoms with E-state index >= 15 is 0 Å². The predicted octanol–water partition coefficient (Wildman–Crippen LogP) is 3.43. The molecule has 1 N–H and O–H groups in total. The third kappa shape index (κ3) is 3.00. The molecule has 104 valence electrons. The number of hydrogen-bond donors (Lipinski definition) is 1. The summed E-state index contributed by atoms with van der Waals surface area (Å²) in [5.41, 5.74) is 1.44. The van der Waals surface area contributed by atoms with E-state index in [0.29, 0.717) is 6.04 Å². The number of nitrogens with one attached hydrogen (secondary N) is 1.